The van der Waals surface area contributed by atoms with Crippen LogP contribution >= 0.6 is 0 Å². The standard InChI is InChI=1S/C16H28N4/c1-13-10-20-8-3-5-15(20)11-19(13)9-6-14-4-2-7-16(14,18)12-17/h13-15H,2-11,18H2,1H3. The Bertz CT molecular complexity index is 390. The largest absolute Gasteiger partial charge is 0.313 e. The lowest BCUT2D eigenvalue weighted by Crippen LogP contribution is -2.55. The lowest BCUT2D eigenvalue weighted by atomic mass is 9.86. The number of fused-ring (bicyclic) bond motifs is 1. The van der Waals surface area contributed by atoms with Crippen LogP contribution in [0, 0.1) is 17.2 Å². The molecule has 4 nitrogen and oxygen atoms in total. The molecule has 0 aromatic carbocycles. The molecule has 4 heteroatoms. The maximum Gasteiger partial charge on any atom is 0.107 e. The molecule has 0 spiro atoms. The van der Waals surface area contributed by atoms with E-state index in [1.165, 1.54) is 32.5 Å². The van der Waals surface area contributed by atoms with Gasteiger partial charge in [-0.2, -0.15) is 5.26 Å². The summed E-state index contributed by atoms with van der Waals surface area (Å²) in [5.41, 5.74) is 5.71. The maximum atomic E-state index is 9.31. The highest BCUT2D eigenvalue weighted by atomic mass is 15.3. The van der Waals surface area contributed by atoms with E-state index in [9.17, 15) is 5.26 Å². The van der Waals surface area contributed by atoms with E-state index in [0.29, 0.717) is 12.0 Å². The summed E-state index contributed by atoms with van der Waals surface area (Å²) in [5.74, 6) is 0.404. The summed E-state index contributed by atoms with van der Waals surface area (Å²) < 4.78 is 0. The zero-order valence-electron chi connectivity index (χ0n) is 12.7. The molecule has 4 unspecified atom stereocenters. The van der Waals surface area contributed by atoms with Gasteiger partial charge in [-0.25, -0.2) is 0 Å². The van der Waals surface area contributed by atoms with Crippen LogP contribution in [0.1, 0.15) is 45.4 Å². The molecule has 2 saturated heterocycles. The maximum absolute atomic E-state index is 9.31. The topological polar surface area (TPSA) is 56.3 Å². The molecule has 0 aromatic heterocycles. The highest BCUT2D eigenvalue weighted by Crippen LogP contribution is 2.36. The molecular formula is C16H28N4. The molecule has 0 aromatic rings. The first-order chi connectivity index (χ1) is 9.62. The number of nitrogens with two attached hydrogens (primary N) is 1. The normalized spacial score (nSPS) is 42.5. The van der Waals surface area contributed by atoms with Crippen molar-refractivity contribution in [2.24, 2.45) is 11.7 Å². The molecule has 20 heavy (non-hydrogen) atoms. The summed E-state index contributed by atoms with van der Waals surface area (Å²) in [6.07, 6.45) is 6.99. The summed E-state index contributed by atoms with van der Waals surface area (Å²) in [7, 11) is 0. The highest BCUT2D eigenvalue weighted by molar-refractivity contribution is 5.12. The van der Waals surface area contributed by atoms with Gasteiger partial charge in [-0.3, -0.25) is 9.80 Å². The average Bonchev–Trinajstić information content (AvgIpc) is 3.03. The van der Waals surface area contributed by atoms with Crippen LogP contribution in [0.3, 0.4) is 0 Å². The molecule has 1 saturated carbocycles. The van der Waals surface area contributed by atoms with Crippen LogP contribution in [0.5, 0.6) is 0 Å². The molecule has 4 atom stereocenters. The van der Waals surface area contributed by atoms with E-state index < -0.39 is 5.54 Å². The van der Waals surface area contributed by atoms with Crippen molar-refractivity contribution in [3.8, 4) is 6.07 Å². The third-order valence-electron chi connectivity index (χ3n) is 5.91. The van der Waals surface area contributed by atoms with Crippen molar-refractivity contribution in [1.29, 1.82) is 5.26 Å². The molecule has 2 aliphatic heterocycles. The second-order valence-electron chi connectivity index (χ2n) is 7.16. The highest BCUT2D eigenvalue weighted by Gasteiger charge is 2.40. The van der Waals surface area contributed by atoms with Crippen molar-refractivity contribution in [3.63, 3.8) is 0 Å². The molecule has 0 bridgehead atoms. The minimum Gasteiger partial charge on any atom is -0.313 e. The third-order valence-corrected chi connectivity index (χ3v) is 5.91. The number of nitrogens with zero attached hydrogens (tertiary/aromatic N) is 3. The Balaban J connectivity index is 1.54. The van der Waals surface area contributed by atoms with Crippen LogP contribution in [0.15, 0.2) is 0 Å². The van der Waals surface area contributed by atoms with E-state index >= 15 is 0 Å². The fourth-order valence-corrected chi connectivity index (χ4v) is 4.53. The van der Waals surface area contributed by atoms with Crippen LogP contribution < -0.4 is 5.73 Å². The Hall–Kier alpha value is -0.630. The van der Waals surface area contributed by atoms with Crippen molar-refractivity contribution >= 4 is 0 Å². The molecule has 3 fully saturated rings. The summed E-state index contributed by atoms with van der Waals surface area (Å²) in [6, 6.07) is 3.82. The fourth-order valence-electron chi connectivity index (χ4n) is 4.53. The molecule has 0 radical (unpaired) electrons. The summed E-state index contributed by atoms with van der Waals surface area (Å²) in [5, 5.41) is 9.31. The van der Waals surface area contributed by atoms with Gasteiger partial charge in [0.25, 0.3) is 0 Å². The lowest BCUT2D eigenvalue weighted by Gasteiger charge is -2.43. The first-order valence-corrected chi connectivity index (χ1v) is 8.30. The quantitative estimate of drug-likeness (QED) is 0.850. The zero-order valence-corrected chi connectivity index (χ0v) is 12.7. The molecule has 3 rings (SSSR count). The van der Waals surface area contributed by atoms with E-state index in [-0.39, 0.29) is 0 Å². The number of hydrogen-bond acceptors (Lipinski definition) is 4. The first kappa shape index (κ1) is 14.3. The van der Waals surface area contributed by atoms with E-state index in [2.05, 4.69) is 22.8 Å². The second-order valence-corrected chi connectivity index (χ2v) is 7.16. The minimum absolute atomic E-state index is 0.404. The molecule has 1 aliphatic carbocycles. The Labute approximate surface area is 122 Å². The minimum atomic E-state index is -0.543. The van der Waals surface area contributed by atoms with E-state index in [1.54, 1.807) is 0 Å². The first-order valence-electron chi connectivity index (χ1n) is 8.30. The summed E-state index contributed by atoms with van der Waals surface area (Å²) in [4.78, 5) is 5.31. The molecule has 112 valence electrons. The predicted molar refractivity (Wildman–Crippen MR) is 80.1 cm³/mol. The van der Waals surface area contributed by atoms with Gasteiger partial charge in [0.05, 0.1) is 6.07 Å². The van der Waals surface area contributed by atoms with Crippen molar-refractivity contribution in [2.75, 3.05) is 26.2 Å². The van der Waals surface area contributed by atoms with E-state index in [1.807, 2.05) is 0 Å². The Kier molecular flexibility index (Phi) is 4.03. The average molecular weight is 276 g/mol. The number of piperazine rings is 1. The van der Waals surface area contributed by atoms with Crippen LogP contribution in [-0.2, 0) is 0 Å². The van der Waals surface area contributed by atoms with Crippen LogP contribution in [0.2, 0.25) is 0 Å². The van der Waals surface area contributed by atoms with Crippen LogP contribution in [-0.4, -0.2) is 53.6 Å². The van der Waals surface area contributed by atoms with Gasteiger partial charge in [0.15, 0.2) is 0 Å². The summed E-state index contributed by atoms with van der Waals surface area (Å²) >= 11 is 0. The van der Waals surface area contributed by atoms with Gasteiger partial charge in [0, 0.05) is 25.2 Å². The van der Waals surface area contributed by atoms with E-state index in [4.69, 9.17) is 5.73 Å². The second kappa shape index (κ2) is 5.63. The van der Waals surface area contributed by atoms with Gasteiger partial charge < -0.3 is 5.73 Å². The van der Waals surface area contributed by atoms with Gasteiger partial charge in [0.1, 0.15) is 5.54 Å². The summed E-state index contributed by atoms with van der Waals surface area (Å²) in [6.45, 7) is 7.21. The van der Waals surface area contributed by atoms with Gasteiger partial charge in [-0.05, 0) is 58.0 Å². The van der Waals surface area contributed by atoms with Crippen molar-refractivity contribution in [3.05, 3.63) is 0 Å². The van der Waals surface area contributed by atoms with Crippen molar-refractivity contribution in [1.82, 2.24) is 9.80 Å². The molecule has 2 heterocycles. The number of hydrogen-bond donors (Lipinski definition) is 1. The SMILES string of the molecule is CC1CN2CCCC2CN1CCC1CCCC1(N)C#N. The Morgan fingerprint density at radius 1 is 1.30 bits per heavy atom. The predicted octanol–water partition coefficient (Wildman–Crippen LogP) is 1.57. The molecular weight excluding hydrogens is 248 g/mol. The monoisotopic (exact) mass is 276 g/mol. The Morgan fingerprint density at radius 3 is 2.95 bits per heavy atom. The third kappa shape index (κ3) is 2.59. The van der Waals surface area contributed by atoms with Crippen LogP contribution in [0.25, 0.3) is 0 Å². The van der Waals surface area contributed by atoms with Crippen LogP contribution in [0.4, 0.5) is 0 Å². The van der Waals surface area contributed by atoms with E-state index in [0.717, 1.165) is 38.3 Å². The smallest absolute Gasteiger partial charge is 0.107 e. The van der Waals surface area contributed by atoms with Gasteiger partial charge in [0.2, 0.25) is 0 Å². The lowest BCUT2D eigenvalue weighted by molar-refractivity contribution is 0.0542. The number of rotatable bonds is 3. The van der Waals surface area contributed by atoms with Crippen molar-refractivity contribution in [2.45, 2.75) is 63.1 Å². The molecule has 3 aliphatic rings. The number of nitriles is 1. The fraction of sp³-hybridized carbons (Fsp3) is 0.938. The Morgan fingerprint density at radius 2 is 2.15 bits per heavy atom. The van der Waals surface area contributed by atoms with Gasteiger partial charge >= 0.3 is 0 Å². The zero-order chi connectivity index (χ0) is 14.2. The van der Waals surface area contributed by atoms with Gasteiger partial charge in [-0.1, -0.05) is 6.42 Å². The molecule has 2 N–H and O–H groups in total. The van der Waals surface area contributed by atoms with Crippen molar-refractivity contribution < 1.29 is 0 Å². The molecule has 0 amide bonds. The van der Waals surface area contributed by atoms with Gasteiger partial charge in [-0.15, -0.1) is 0 Å².